The second kappa shape index (κ2) is 6.91. The molecule has 132 valence electrons. The number of hydrogen-bond donors (Lipinski definition) is 0. The van der Waals surface area contributed by atoms with Crippen LogP contribution in [0.1, 0.15) is 17.4 Å². The smallest absolute Gasteiger partial charge is 0.260 e. The van der Waals surface area contributed by atoms with Gasteiger partial charge in [-0.2, -0.15) is 4.98 Å². The van der Waals surface area contributed by atoms with E-state index in [9.17, 15) is 4.79 Å². The van der Waals surface area contributed by atoms with Crippen molar-refractivity contribution in [2.75, 3.05) is 19.7 Å². The third-order valence-electron chi connectivity index (χ3n) is 4.17. The summed E-state index contributed by atoms with van der Waals surface area (Å²) in [7, 11) is 0. The van der Waals surface area contributed by atoms with Gasteiger partial charge in [-0.15, -0.1) is 0 Å². The molecule has 3 aromatic rings. The number of carbonyl (C=O) groups is 1. The first-order valence-corrected chi connectivity index (χ1v) is 8.27. The number of carbonyl (C=O) groups excluding carboxylic acids is 1. The zero-order valence-corrected chi connectivity index (χ0v) is 14.2. The van der Waals surface area contributed by atoms with Gasteiger partial charge in [-0.1, -0.05) is 22.9 Å². The fraction of sp³-hybridized carbons (Fsp3) is 0.278. The Kier molecular flexibility index (Phi) is 4.30. The first kappa shape index (κ1) is 16.2. The number of hydrogen-bond acceptors (Lipinski definition) is 7. The average molecular weight is 351 g/mol. The van der Waals surface area contributed by atoms with Gasteiger partial charge in [-0.3, -0.25) is 4.79 Å². The molecule has 4 rings (SSSR count). The van der Waals surface area contributed by atoms with Gasteiger partial charge < -0.3 is 14.2 Å². The van der Waals surface area contributed by atoms with Crippen LogP contribution in [-0.4, -0.2) is 50.6 Å². The molecule has 0 saturated carbocycles. The van der Waals surface area contributed by atoms with Crippen molar-refractivity contribution in [2.24, 2.45) is 0 Å². The van der Waals surface area contributed by atoms with E-state index >= 15 is 0 Å². The molecule has 0 spiro atoms. The van der Waals surface area contributed by atoms with Gasteiger partial charge in [0.2, 0.25) is 17.5 Å². The number of likely N-dealkylation sites (tertiary alicyclic amines) is 1. The van der Waals surface area contributed by atoms with Crippen molar-refractivity contribution in [3.63, 3.8) is 0 Å². The molecular formula is C18H17N5O3. The topological polar surface area (TPSA) is 94.2 Å². The van der Waals surface area contributed by atoms with Crippen molar-refractivity contribution < 1.29 is 14.1 Å². The Morgan fingerprint density at radius 3 is 2.65 bits per heavy atom. The predicted octanol–water partition coefficient (Wildman–Crippen LogP) is 1.84. The van der Waals surface area contributed by atoms with Gasteiger partial charge in [0, 0.05) is 25.5 Å². The van der Waals surface area contributed by atoms with Gasteiger partial charge in [0.25, 0.3) is 5.91 Å². The molecule has 8 heteroatoms. The SMILES string of the molecule is Cc1ccc(OCC(=O)N2CC(c3nc(-c4ncccn4)no3)C2)cc1. The number of ether oxygens (including phenoxy) is 1. The lowest BCUT2D eigenvalue weighted by molar-refractivity contribution is -0.138. The van der Waals surface area contributed by atoms with Crippen LogP contribution in [0.2, 0.25) is 0 Å². The molecule has 0 aliphatic carbocycles. The van der Waals surface area contributed by atoms with E-state index in [1.807, 2.05) is 31.2 Å². The average Bonchev–Trinajstić information content (AvgIpc) is 3.10. The molecule has 1 amide bonds. The Balaban J connectivity index is 1.29. The number of aromatic nitrogens is 4. The minimum absolute atomic E-state index is 0.0166. The Labute approximate surface area is 149 Å². The van der Waals surface area contributed by atoms with Crippen LogP contribution in [0.4, 0.5) is 0 Å². The summed E-state index contributed by atoms with van der Waals surface area (Å²) in [5.74, 6) is 1.92. The second-order valence-corrected chi connectivity index (χ2v) is 6.13. The molecule has 1 aliphatic rings. The van der Waals surface area contributed by atoms with E-state index < -0.39 is 0 Å². The van der Waals surface area contributed by atoms with Crippen LogP contribution in [-0.2, 0) is 4.79 Å². The van der Waals surface area contributed by atoms with Gasteiger partial charge in [0.1, 0.15) is 5.75 Å². The molecule has 0 unspecified atom stereocenters. The molecule has 3 heterocycles. The highest BCUT2D eigenvalue weighted by Gasteiger charge is 2.35. The van der Waals surface area contributed by atoms with Gasteiger partial charge in [-0.05, 0) is 25.1 Å². The molecular weight excluding hydrogens is 334 g/mol. The first-order valence-electron chi connectivity index (χ1n) is 8.27. The number of benzene rings is 1. The van der Waals surface area contributed by atoms with Crippen LogP contribution in [0.5, 0.6) is 5.75 Å². The lowest BCUT2D eigenvalue weighted by Crippen LogP contribution is -2.50. The number of amides is 1. The maximum absolute atomic E-state index is 12.2. The van der Waals surface area contributed by atoms with E-state index in [1.54, 1.807) is 23.4 Å². The predicted molar refractivity (Wildman–Crippen MR) is 91.3 cm³/mol. The molecule has 1 aliphatic heterocycles. The normalized spacial score (nSPS) is 14.1. The minimum atomic E-state index is -0.0621. The molecule has 0 atom stereocenters. The summed E-state index contributed by atoms with van der Waals surface area (Å²) in [5.41, 5.74) is 1.15. The Hall–Kier alpha value is -3.29. The van der Waals surface area contributed by atoms with Crippen LogP contribution < -0.4 is 4.74 Å². The van der Waals surface area contributed by atoms with Crippen LogP contribution in [0.3, 0.4) is 0 Å². The van der Waals surface area contributed by atoms with Gasteiger partial charge in [-0.25, -0.2) is 9.97 Å². The maximum Gasteiger partial charge on any atom is 0.260 e. The lowest BCUT2D eigenvalue weighted by Gasteiger charge is -2.36. The van der Waals surface area contributed by atoms with Crippen LogP contribution in [0.25, 0.3) is 11.6 Å². The highest BCUT2D eigenvalue weighted by molar-refractivity contribution is 5.78. The first-order chi connectivity index (χ1) is 12.7. The molecule has 26 heavy (non-hydrogen) atoms. The molecule has 0 N–H and O–H groups in total. The van der Waals surface area contributed by atoms with Crippen molar-refractivity contribution in [1.82, 2.24) is 25.0 Å². The van der Waals surface area contributed by atoms with E-state index in [0.717, 1.165) is 5.56 Å². The van der Waals surface area contributed by atoms with Crippen LogP contribution in [0, 0.1) is 6.92 Å². The van der Waals surface area contributed by atoms with Crippen molar-refractivity contribution in [1.29, 1.82) is 0 Å². The summed E-state index contributed by atoms with van der Waals surface area (Å²) in [5, 5.41) is 3.90. The highest BCUT2D eigenvalue weighted by Crippen LogP contribution is 2.27. The fourth-order valence-corrected chi connectivity index (χ4v) is 2.62. The Morgan fingerprint density at radius 2 is 1.92 bits per heavy atom. The largest absolute Gasteiger partial charge is 0.484 e. The van der Waals surface area contributed by atoms with Crippen molar-refractivity contribution in [3.8, 4) is 17.4 Å². The third-order valence-corrected chi connectivity index (χ3v) is 4.17. The third kappa shape index (κ3) is 3.39. The summed E-state index contributed by atoms with van der Waals surface area (Å²) < 4.78 is 10.8. The van der Waals surface area contributed by atoms with E-state index in [1.165, 1.54) is 0 Å². The van der Waals surface area contributed by atoms with Crippen molar-refractivity contribution >= 4 is 5.91 Å². The van der Waals surface area contributed by atoms with E-state index in [4.69, 9.17) is 9.26 Å². The zero-order valence-electron chi connectivity index (χ0n) is 14.2. The van der Waals surface area contributed by atoms with Crippen molar-refractivity contribution in [2.45, 2.75) is 12.8 Å². The maximum atomic E-state index is 12.2. The molecule has 2 aromatic heterocycles. The summed E-state index contributed by atoms with van der Waals surface area (Å²) in [6.07, 6.45) is 3.24. The quantitative estimate of drug-likeness (QED) is 0.692. The monoisotopic (exact) mass is 351 g/mol. The van der Waals surface area contributed by atoms with Gasteiger partial charge in [0.15, 0.2) is 6.61 Å². The number of nitrogens with zero attached hydrogens (tertiary/aromatic N) is 5. The molecule has 1 fully saturated rings. The fourth-order valence-electron chi connectivity index (χ4n) is 2.62. The van der Waals surface area contributed by atoms with E-state index in [0.29, 0.717) is 36.4 Å². The lowest BCUT2D eigenvalue weighted by atomic mass is 10.0. The van der Waals surface area contributed by atoms with Crippen LogP contribution >= 0.6 is 0 Å². The number of aryl methyl sites for hydroxylation is 1. The highest BCUT2D eigenvalue weighted by atomic mass is 16.5. The summed E-state index contributed by atoms with van der Waals surface area (Å²) in [4.78, 5) is 26.4. The van der Waals surface area contributed by atoms with Gasteiger partial charge >= 0.3 is 0 Å². The standard InChI is InChI=1S/C18H17N5O3/c1-12-3-5-14(6-4-12)25-11-15(24)23-9-13(10-23)18-21-17(22-26-18)16-19-7-2-8-20-16/h2-8,13H,9-11H2,1H3. The van der Waals surface area contributed by atoms with Gasteiger partial charge in [0.05, 0.1) is 5.92 Å². The summed E-state index contributed by atoms with van der Waals surface area (Å²) in [6.45, 7) is 3.09. The minimum Gasteiger partial charge on any atom is -0.484 e. The zero-order chi connectivity index (χ0) is 17.9. The van der Waals surface area contributed by atoms with Crippen LogP contribution in [0.15, 0.2) is 47.2 Å². The Morgan fingerprint density at radius 1 is 1.19 bits per heavy atom. The van der Waals surface area contributed by atoms with E-state index in [-0.39, 0.29) is 18.4 Å². The Bertz CT molecular complexity index is 889. The molecule has 0 bridgehead atoms. The van der Waals surface area contributed by atoms with Crippen molar-refractivity contribution in [3.05, 3.63) is 54.2 Å². The molecule has 1 aromatic carbocycles. The number of rotatable bonds is 5. The second-order valence-electron chi connectivity index (χ2n) is 6.13. The van der Waals surface area contributed by atoms with E-state index in [2.05, 4.69) is 20.1 Å². The summed E-state index contributed by atoms with van der Waals surface area (Å²) in [6, 6.07) is 9.32. The molecule has 0 radical (unpaired) electrons. The summed E-state index contributed by atoms with van der Waals surface area (Å²) >= 11 is 0. The molecule has 8 nitrogen and oxygen atoms in total. The molecule has 1 saturated heterocycles.